The first-order valence-electron chi connectivity index (χ1n) is 10.5. The lowest BCUT2D eigenvalue weighted by Crippen LogP contribution is -2.32. The average molecular weight is 525 g/mol. The molecule has 9 heteroatoms. The fourth-order valence-electron chi connectivity index (χ4n) is 4.06. The molecule has 0 saturated heterocycles. The molecule has 2 aromatic carbocycles. The number of anilines is 1. The predicted octanol–water partition coefficient (Wildman–Crippen LogP) is 4.71. The van der Waals surface area contributed by atoms with E-state index in [-0.39, 0.29) is 18.1 Å². The Hall–Kier alpha value is -3.23. The van der Waals surface area contributed by atoms with Crippen molar-refractivity contribution in [2.45, 2.75) is 12.3 Å². The number of halogens is 2. The van der Waals surface area contributed by atoms with Gasteiger partial charge in [-0.25, -0.2) is 4.98 Å². The highest BCUT2D eigenvalue weighted by Gasteiger charge is 2.33. The summed E-state index contributed by atoms with van der Waals surface area (Å²) in [5.41, 5.74) is 3.62. The van der Waals surface area contributed by atoms with Crippen LogP contribution in [0.5, 0.6) is 0 Å². The normalized spacial score (nSPS) is 15.0. The second-order valence-electron chi connectivity index (χ2n) is 7.72. The largest absolute Gasteiger partial charge is 0.368 e. The van der Waals surface area contributed by atoms with E-state index in [1.54, 1.807) is 16.8 Å². The number of rotatable bonds is 6. The van der Waals surface area contributed by atoms with Gasteiger partial charge >= 0.3 is 0 Å². The molecule has 166 valence electrons. The van der Waals surface area contributed by atoms with Gasteiger partial charge in [-0.15, -0.1) is 0 Å². The number of aromatic nitrogens is 3. The number of hydrogen-bond acceptors (Lipinski definition) is 5. The van der Waals surface area contributed by atoms with Crippen LogP contribution in [-0.4, -0.2) is 39.4 Å². The van der Waals surface area contributed by atoms with Crippen molar-refractivity contribution < 1.29 is 9.59 Å². The zero-order valence-corrected chi connectivity index (χ0v) is 19.7. The molecule has 0 radical (unpaired) electrons. The topological polar surface area (TPSA) is 88.4 Å². The summed E-state index contributed by atoms with van der Waals surface area (Å²) in [6.45, 7) is 0.853. The summed E-state index contributed by atoms with van der Waals surface area (Å²) in [5.74, 6) is 0.152. The molecule has 1 aliphatic rings. The van der Waals surface area contributed by atoms with Crippen LogP contribution in [0.3, 0.4) is 0 Å². The van der Waals surface area contributed by atoms with E-state index in [0.717, 1.165) is 21.4 Å². The van der Waals surface area contributed by atoms with Crippen LogP contribution in [0.15, 0.2) is 65.3 Å². The summed E-state index contributed by atoms with van der Waals surface area (Å²) < 4.78 is 2.45. The zero-order valence-electron chi connectivity index (χ0n) is 17.4. The average Bonchev–Trinajstić information content (AvgIpc) is 3.37. The number of ketones is 1. The Kier molecular flexibility index (Phi) is 5.86. The zero-order chi connectivity index (χ0) is 22.9. The number of hydrogen-bond donors (Lipinski definition) is 2. The van der Waals surface area contributed by atoms with E-state index in [4.69, 9.17) is 16.6 Å². The minimum absolute atomic E-state index is 0.0133. The van der Waals surface area contributed by atoms with Crippen molar-refractivity contribution >= 4 is 50.7 Å². The third-order valence-corrected chi connectivity index (χ3v) is 6.54. The van der Waals surface area contributed by atoms with Crippen LogP contribution in [0.4, 0.5) is 5.82 Å². The number of fused-ring (bicyclic) bond motifs is 2. The molecule has 0 fully saturated rings. The summed E-state index contributed by atoms with van der Waals surface area (Å²) >= 11 is 9.87. The van der Waals surface area contributed by atoms with E-state index in [2.05, 4.69) is 31.7 Å². The van der Waals surface area contributed by atoms with Gasteiger partial charge in [-0.05, 0) is 27.6 Å². The maximum atomic E-state index is 12.7. The van der Waals surface area contributed by atoms with E-state index in [0.29, 0.717) is 35.0 Å². The molecule has 2 heterocycles. The Labute approximate surface area is 203 Å². The molecular formula is C24H19BrClN5O2. The molecular weight excluding hydrogens is 506 g/mol. The van der Waals surface area contributed by atoms with Crippen LogP contribution >= 0.6 is 27.5 Å². The maximum absolute atomic E-state index is 12.7. The van der Waals surface area contributed by atoms with Gasteiger partial charge < -0.3 is 10.6 Å². The molecule has 0 aliphatic heterocycles. The number of Topliss-reactive ketones (excluding diaryl/α,β-unsaturated/α-hetero) is 1. The van der Waals surface area contributed by atoms with Gasteiger partial charge in [0, 0.05) is 41.7 Å². The minimum Gasteiger partial charge on any atom is -0.368 e. The summed E-state index contributed by atoms with van der Waals surface area (Å²) in [6.07, 6.45) is 1.90. The number of nitrogens with one attached hydrogen (secondary N) is 2. The van der Waals surface area contributed by atoms with Crippen molar-refractivity contribution in [3.05, 3.63) is 81.4 Å². The first kappa shape index (κ1) is 21.6. The molecule has 0 saturated carbocycles. The lowest BCUT2D eigenvalue weighted by atomic mass is 10.0. The van der Waals surface area contributed by atoms with Gasteiger partial charge in [-0.2, -0.15) is 9.61 Å². The quantitative estimate of drug-likeness (QED) is 0.357. The van der Waals surface area contributed by atoms with Crippen molar-refractivity contribution in [3.8, 4) is 11.3 Å². The van der Waals surface area contributed by atoms with Gasteiger partial charge in [0.2, 0.25) is 5.91 Å². The van der Waals surface area contributed by atoms with Crippen molar-refractivity contribution in [1.29, 1.82) is 0 Å². The molecule has 1 amide bonds. The molecule has 1 aliphatic carbocycles. The molecule has 1 unspecified atom stereocenters. The summed E-state index contributed by atoms with van der Waals surface area (Å²) in [5, 5.41) is 11.2. The standard InChI is InChI=1S/C24H19BrClN5O2/c25-18-13-29-31-22(12-20(30-23(18)31)16-7-3-4-8-19(16)26)27-9-10-28-24(33)17-11-21(32)15-6-2-1-5-14(15)17/h1-8,12-13,17,27H,9-11H2,(H,28,33). The minimum atomic E-state index is -0.435. The van der Waals surface area contributed by atoms with Crippen molar-refractivity contribution in [1.82, 2.24) is 19.9 Å². The molecule has 4 aromatic rings. The van der Waals surface area contributed by atoms with Gasteiger partial charge in [-0.1, -0.05) is 54.1 Å². The second-order valence-corrected chi connectivity index (χ2v) is 8.98. The number of amides is 1. The molecule has 5 rings (SSSR count). The fourth-order valence-corrected chi connectivity index (χ4v) is 4.64. The summed E-state index contributed by atoms with van der Waals surface area (Å²) in [4.78, 5) is 29.6. The Bertz CT molecular complexity index is 1390. The van der Waals surface area contributed by atoms with Crippen LogP contribution in [0.25, 0.3) is 16.9 Å². The number of carbonyl (C=O) groups is 2. The van der Waals surface area contributed by atoms with E-state index in [1.165, 1.54) is 0 Å². The van der Waals surface area contributed by atoms with Gasteiger partial charge in [-0.3, -0.25) is 9.59 Å². The highest BCUT2D eigenvalue weighted by atomic mass is 79.9. The van der Waals surface area contributed by atoms with Gasteiger partial charge in [0.25, 0.3) is 0 Å². The van der Waals surface area contributed by atoms with E-state index < -0.39 is 5.92 Å². The molecule has 1 atom stereocenters. The molecule has 2 aromatic heterocycles. The van der Waals surface area contributed by atoms with Gasteiger partial charge in [0.15, 0.2) is 11.4 Å². The van der Waals surface area contributed by atoms with Crippen molar-refractivity contribution in [3.63, 3.8) is 0 Å². The Morgan fingerprint density at radius 1 is 1.12 bits per heavy atom. The Balaban J connectivity index is 1.30. The highest BCUT2D eigenvalue weighted by molar-refractivity contribution is 9.10. The van der Waals surface area contributed by atoms with Crippen molar-refractivity contribution in [2.24, 2.45) is 0 Å². The Morgan fingerprint density at radius 2 is 1.88 bits per heavy atom. The van der Waals surface area contributed by atoms with Crippen LogP contribution in [0.1, 0.15) is 28.3 Å². The first-order valence-corrected chi connectivity index (χ1v) is 11.6. The van der Waals surface area contributed by atoms with E-state index in [9.17, 15) is 9.59 Å². The van der Waals surface area contributed by atoms with Crippen LogP contribution in [0, 0.1) is 0 Å². The lowest BCUT2D eigenvalue weighted by molar-refractivity contribution is -0.122. The summed E-state index contributed by atoms with van der Waals surface area (Å²) in [6, 6.07) is 16.7. The third-order valence-electron chi connectivity index (χ3n) is 5.65. The number of benzene rings is 2. The van der Waals surface area contributed by atoms with Gasteiger partial charge in [0.05, 0.1) is 22.3 Å². The molecule has 0 spiro atoms. The van der Waals surface area contributed by atoms with Crippen LogP contribution < -0.4 is 10.6 Å². The highest BCUT2D eigenvalue weighted by Crippen LogP contribution is 2.33. The fraction of sp³-hybridized carbons (Fsp3) is 0.167. The van der Waals surface area contributed by atoms with Crippen LogP contribution in [0.2, 0.25) is 5.02 Å². The van der Waals surface area contributed by atoms with Crippen LogP contribution in [-0.2, 0) is 4.79 Å². The van der Waals surface area contributed by atoms with E-state index >= 15 is 0 Å². The monoisotopic (exact) mass is 523 g/mol. The Morgan fingerprint density at radius 3 is 2.70 bits per heavy atom. The summed E-state index contributed by atoms with van der Waals surface area (Å²) in [7, 11) is 0. The van der Waals surface area contributed by atoms with Crippen molar-refractivity contribution in [2.75, 3.05) is 18.4 Å². The molecule has 0 bridgehead atoms. The first-order chi connectivity index (χ1) is 16.0. The molecule has 33 heavy (non-hydrogen) atoms. The van der Waals surface area contributed by atoms with Gasteiger partial charge in [0.1, 0.15) is 5.82 Å². The number of nitrogens with zero attached hydrogens (tertiary/aromatic N) is 3. The SMILES string of the molecule is O=C1CC(C(=O)NCCNc2cc(-c3ccccc3Cl)nc3c(Br)cnn23)c2ccccc21. The lowest BCUT2D eigenvalue weighted by Gasteiger charge is -2.14. The molecule has 2 N–H and O–H groups in total. The third kappa shape index (κ3) is 4.12. The smallest absolute Gasteiger partial charge is 0.228 e. The van der Waals surface area contributed by atoms with E-state index in [1.807, 2.05) is 48.5 Å². The molecule has 7 nitrogen and oxygen atoms in total. The number of carbonyl (C=O) groups excluding carboxylic acids is 2. The maximum Gasteiger partial charge on any atom is 0.228 e. The predicted molar refractivity (Wildman–Crippen MR) is 131 cm³/mol. The second kappa shape index (κ2) is 8.96.